The number of hydrogen-bond donors (Lipinski definition) is 0. The molecule has 2 fully saturated rings. The summed E-state index contributed by atoms with van der Waals surface area (Å²) in [6.07, 6.45) is -3.41. The summed E-state index contributed by atoms with van der Waals surface area (Å²) in [5.74, 6) is -6.11. The molecule has 42 heavy (non-hydrogen) atoms. The average molecular weight is 676 g/mol. The minimum Gasteiger partial charge on any atom is -0.314 e. The summed E-state index contributed by atoms with van der Waals surface area (Å²) >= 11 is 11.9. The number of sulfone groups is 1. The van der Waals surface area contributed by atoms with Crippen LogP contribution in [0.15, 0.2) is 35.2 Å². The molecule has 1 amide bonds. The molecular weight excluding hydrogens is 651 g/mol. The van der Waals surface area contributed by atoms with Crippen LogP contribution in [0.3, 0.4) is 0 Å². The molecule has 9 nitrogen and oxygen atoms in total. The van der Waals surface area contributed by atoms with Gasteiger partial charge in [-0.2, -0.15) is 13.2 Å². The zero-order valence-electron chi connectivity index (χ0n) is 21.8. The van der Waals surface area contributed by atoms with Gasteiger partial charge in [0.15, 0.2) is 9.84 Å². The molecular formula is C25H24Cl2F4N2O7S2. The molecule has 0 spiro atoms. The molecule has 17 heteroatoms. The van der Waals surface area contributed by atoms with Gasteiger partial charge in [0.2, 0.25) is 0 Å². The van der Waals surface area contributed by atoms with Crippen molar-refractivity contribution in [1.82, 2.24) is 9.37 Å². The second-order valence-corrected chi connectivity index (χ2v) is 15.0. The molecule has 1 saturated heterocycles. The molecule has 0 radical (unpaired) electrons. The Bertz CT molecular complexity index is 1600. The first-order chi connectivity index (χ1) is 19.4. The van der Waals surface area contributed by atoms with Crippen LogP contribution in [0.5, 0.6) is 0 Å². The van der Waals surface area contributed by atoms with Crippen LogP contribution in [-0.2, 0) is 36.0 Å². The van der Waals surface area contributed by atoms with Crippen LogP contribution >= 0.6 is 23.2 Å². The number of amides is 1. The fraction of sp³-hybridized carbons (Fsp3) is 0.440. The number of hydroxylamine groups is 1. The van der Waals surface area contributed by atoms with E-state index in [-0.39, 0.29) is 40.2 Å². The van der Waals surface area contributed by atoms with Gasteiger partial charge in [-0.1, -0.05) is 27.7 Å². The van der Waals surface area contributed by atoms with E-state index in [1.54, 1.807) is 0 Å². The Morgan fingerprint density at radius 1 is 0.976 bits per heavy atom. The molecule has 2 aromatic rings. The van der Waals surface area contributed by atoms with E-state index in [0.29, 0.717) is 43.3 Å². The summed E-state index contributed by atoms with van der Waals surface area (Å²) in [5, 5.41) is -0.328. The Kier molecular flexibility index (Phi) is 9.20. The minimum atomic E-state index is -5.61. The fourth-order valence-corrected chi connectivity index (χ4v) is 7.75. The topological polar surface area (TPSA) is 118 Å². The molecule has 2 aromatic carbocycles. The van der Waals surface area contributed by atoms with E-state index in [1.807, 2.05) is 4.90 Å². The summed E-state index contributed by atoms with van der Waals surface area (Å²) in [6, 6.07) is 6.14. The Morgan fingerprint density at radius 3 is 2.05 bits per heavy atom. The standard InChI is InChI=1S/C25H24Cl2F4N2O7S2/c1-41(36,37)33(40-24(35)25(29,30)31)23(34)21-12-20(14-2-3-14)15(8-22(21)28)13-32-6-4-18(5-7-32)42(38,39)19-10-16(26)9-17(27)11-19/h8-12,14,18H,2-7,13H2,1H3. The first-order valence-electron chi connectivity index (χ1n) is 12.5. The Hall–Kier alpha value is -2.46. The summed E-state index contributed by atoms with van der Waals surface area (Å²) in [6.45, 7) is 0.839. The average Bonchev–Trinajstić information content (AvgIpc) is 3.71. The Balaban J connectivity index is 1.53. The number of carbonyl (C=O) groups excluding carboxylic acids is 2. The van der Waals surface area contributed by atoms with Crippen molar-refractivity contribution >= 4 is 54.9 Å². The fourth-order valence-electron chi connectivity index (χ4n) is 4.70. The lowest BCUT2D eigenvalue weighted by molar-refractivity contribution is -0.216. The van der Waals surface area contributed by atoms with Gasteiger partial charge in [-0.3, -0.25) is 9.69 Å². The number of sulfonamides is 1. The van der Waals surface area contributed by atoms with Gasteiger partial charge in [0, 0.05) is 16.6 Å². The van der Waals surface area contributed by atoms with E-state index >= 15 is 4.39 Å². The summed E-state index contributed by atoms with van der Waals surface area (Å²) in [7, 11) is -8.60. The Labute approximate surface area is 249 Å². The number of rotatable bonds is 7. The van der Waals surface area contributed by atoms with Gasteiger partial charge in [-0.05, 0) is 86.1 Å². The highest BCUT2D eigenvalue weighted by Gasteiger charge is 2.46. The monoisotopic (exact) mass is 674 g/mol. The van der Waals surface area contributed by atoms with Gasteiger partial charge in [0.1, 0.15) is 5.82 Å². The third-order valence-corrected chi connectivity index (χ3v) is 10.4. The third kappa shape index (κ3) is 7.36. The van der Waals surface area contributed by atoms with Gasteiger partial charge in [-0.15, -0.1) is 0 Å². The first-order valence-corrected chi connectivity index (χ1v) is 16.6. The van der Waals surface area contributed by atoms with Crippen LogP contribution in [0.1, 0.15) is 53.1 Å². The van der Waals surface area contributed by atoms with Crippen molar-refractivity contribution in [3.8, 4) is 0 Å². The maximum atomic E-state index is 15.2. The van der Waals surface area contributed by atoms with Crippen LogP contribution in [0.4, 0.5) is 17.6 Å². The maximum absolute atomic E-state index is 15.2. The van der Waals surface area contributed by atoms with Crippen molar-refractivity contribution in [3.05, 3.63) is 62.9 Å². The lowest BCUT2D eigenvalue weighted by Crippen LogP contribution is -2.42. The van der Waals surface area contributed by atoms with Gasteiger partial charge < -0.3 is 4.84 Å². The largest absolute Gasteiger partial charge is 0.493 e. The van der Waals surface area contributed by atoms with Crippen molar-refractivity contribution in [2.24, 2.45) is 0 Å². The number of hydrogen-bond acceptors (Lipinski definition) is 8. The van der Waals surface area contributed by atoms with Crippen LogP contribution in [-0.4, -0.2) is 68.9 Å². The van der Waals surface area contributed by atoms with Crippen molar-refractivity contribution in [2.45, 2.75) is 54.5 Å². The molecule has 4 rings (SSSR count). The predicted octanol–water partition coefficient (Wildman–Crippen LogP) is 4.87. The van der Waals surface area contributed by atoms with Crippen LogP contribution < -0.4 is 0 Å². The molecule has 0 unspecified atom stereocenters. The smallest absolute Gasteiger partial charge is 0.314 e. The van der Waals surface area contributed by atoms with E-state index in [0.717, 1.165) is 12.1 Å². The number of piperidine rings is 1. The van der Waals surface area contributed by atoms with Crippen molar-refractivity contribution in [2.75, 3.05) is 19.3 Å². The molecule has 0 aromatic heterocycles. The highest BCUT2D eigenvalue weighted by molar-refractivity contribution is 7.92. The third-order valence-electron chi connectivity index (χ3n) is 6.87. The zero-order valence-corrected chi connectivity index (χ0v) is 25.0. The molecule has 1 aliphatic carbocycles. The second-order valence-electron chi connectivity index (χ2n) is 10.1. The number of likely N-dealkylation sites (tertiary alicyclic amines) is 1. The number of alkyl halides is 3. The quantitative estimate of drug-likeness (QED) is 0.302. The maximum Gasteiger partial charge on any atom is 0.493 e. The highest BCUT2D eigenvalue weighted by atomic mass is 35.5. The van der Waals surface area contributed by atoms with E-state index in [1.165, 1.54) is 18.2 Å². The van der Waals surface area contributed by atoms with E-state index < -0.39 is 59.0 Å². The minimum absolute atomic E-state index is 0.0147. The van der Waals surface area contributed by atoms with Crippen molar-refractivity contribution in [1.29, 1.82) is 0 Å². The summed E-state index contributed by atoms with van der Waals surface area (Å²) in [4.78, 5) is 29.8. The molecule has 0 N–H and O–H groups in total. The van der Waals surface area contributed by atoms with Gasteiger partial charge >= 0.3 is 18.1 Å². The van der Waals surface area contributed by atoms with Gasteiger partial charge in [0.05, 0.1) is 22.0 Å². The molecule has 1 heterocycles. The predicted molar refractivity (Wildman–Crippen MR) is 143 cm³/mol. The Morgan fingerprint density at radius 2 is 1.55 bits per heavy atom. The van der Waals surface area contributed by atoms with Gasteiger partial charge in [-0.25, -0.2) is 26.0 Å². The molecule has 1 aliphatic heterocycles. The second kappa shape index (κ2) is 11.9. The molecule has 2 aliphatic rings. The lowest BCUT2D eigenvalue weighted by atomic mass is 9.98. The van der Waals surface area contributed by atoms with Crippen LogP contribution in [0.25, 0.3) is 0 Å². The zero-order chi connectivity index (χ0) is 31.2. The number of carbonyl (C=O) groups is 2. The SMILES string of the molecule is CS(=O)(=O)N(OC(=O)C(F)(F)F)C(=O)c1cc(C2CC2)c(CN2CCC(S(=O)(=O)c3cc(Cl)cc(Cl)c3)CC2)cc1F. The lowest BCUT2D eigenvalue weighted by Gasteiger charge is -2.32. The molecule has 0 bridgehead atoms. The number of nitrogens with zero attached hydrogens (tertiary/aromatic N) is 2. The number of benzene rings is 2. The highest BCUT2D eigenvalue weighted by Crippen LogP contribution is 2.43. The first kappa shape index (κ1) is 32.5. The summed E-state index contributed by atoms with van der Waals surface area (Å²) in [5.41, 5.74) is 0.0531. The van der Waals surface area contributed by atoms with E-state index in [2.05, 4.69) is 4.84 Å². The van der Waals surface area contributed by atoms with Crippen LogP contribution in [0.2, 0.25) is 10.0 Å². The summed E-state index contributed by atoms with van der Waals surface area (Å²) < 4.78 is 103. The molecule has 1 saturated carbocycles. The van der Waals surface area contributed by atoms with E-state index in [9.17, 15) is 39.6 Å². The normalized spacial score (nSPS) is 17.2. The number of halogens is 6. The molecule has 230 valence electrons. The molecule has 0 atom stereocenters. The van der Waals surface area contributed by atoms with Crippen LogP contribution in [0, 0.1) is 5.82 Å². The van der Waals surface area contributed by atoms with Crippen molar-refractivity contribution in [3.63, 3.8) is 0 Å². The van der Waals surface area contributed by atoms with E-state index in [4.69, 9.17) is 23.2 Å². The van der Waals surface area contributed by atoms with Gasteiger partial charge in [0.25, 0.3) is 10.0 Å². The van der Waals surface area contributed by atoms with Crippen molar-refractivity contribution < 1.29 is 48.8 Å².